The predicted molar refractivity (Wildman–Crippen MR) is 108 cm³/mol. The molecule has 4 atom stereocenters. The Morgan fingerprint density at radius 2 is 1.81 bits per heavy atom. The van der Waals surface area contributed by atoms with Crippen LogP contribution in [0.15, 0.2) is 24.3 Å². The minimum atomic E-state index is -1.75. The van der Waals surface area contributed by atoms with Crippen LogP contribution < -0.4 is 22.5 Å². The summed E-state index contributed by atoms with van der Waals surface area (Å²) in [5.41, 5.74) is 1.21. The summed E-state index contributed by atoms with van der Waals surface area (Å²) in [6.45, 7) is 5.56. The van der Waals surface area contributed by atoms with E-state index in [9.17, 15) is 24.6 Å². The lowest BCUT2D eigenvalue weighted by Crippen LogP contribution is -2.62. The van der Waals surface area contributed by atoms with Crippen LogP contribution in [0.25, 0.3) is 0 Å². The number of aromatic hydroxyl groups is 1. The molecule has 1 rings (SSSR count). The lowest BCUT2D eigenvalue weighted by molar-refractivity contribution is -0.176. The summed E-state index contributed by atoms with van der Waals surface area (Å²) in [6, 6.07) is 5.66. The van der Waals surface area contributed by atoms with Crippen molar-refractivity contribution in [3.8, 4) is 5.75 Å². The summed E-state index contributed by atoms with van der Waals surface area (Å²) < 4.78 is 14.4. The largest absolute Gasteiger partial charge is 0.511 e. The van der Waals surface area contributed by atoms with Crippen LogP contribution in [0.1, 0.15) is 45.8 Å². The summed E-state index contributed by atoms with van der Waals surface area (Å²) >= 11 is 0. The second-order valence-corrected chi connectivity index (χ2v) is 7.19. The highest BCUT2D eigenvalue weighted by atomic mass is 16.8. The van der Waals surface area contributed by atoms with Gasteiger partial charge in [-0.2, -0.15) is 0 Å². The number of ketones is 1. The first-order valence-corrected chi connectivity index (χ1v) is 9.43. The van der Waals surface area contributed by atoms with Crippen LogP contribution in [-0.4, -0.2) is 52.1 Å². The maximum Gasteiger partial charge on any atom is 0.511 e. The number of phenolic OH excluding ortho intramolecular Hbond substituents is 1. The highest BCUT2D eigenvalue weighted by molar-refractivity contribution is 5.95. The molecule has 0 aliphatic heterocycles. The number of aliphatic hydroxyl groups is 1. The Morgan fingerprint density at radius 3 is 2.32 bits per heavy atom. The van der Waals surface area contributed by atoms with E-state index in [1.807, 2.05) is 0 Å². The molecule has 0 spiro atoms. The summed E-state index contributed by atoms with van der Waals surface area (Å²) in [7, 11) is 0. The number of carbonyl (C=O) groups excluding carboxylic acids is 3. The Kier molecular flexibility index (Phi) is 9.34. The number of benzene rings is 1. The molecule has 0 aliphatic carbocycles. The van der Waals surface area contributed by atoms with Gasteiger partial charge in [-0.25, -0.2) is 20.4 Å². The number of aliphatic hydroxyl groups excluding tert-OH is 1. The zero-order valence-electron chi connectivity index (χ0n) is 17.9. The Labute approximate surface area is 179 Å². The number of carbonyl (C=O) groups is 3. The van der Waals surface area contributed by atoms with Crippen LogP contribution in [0.5, 0.6) is 5.75 Å². The summed E-state index contributed by atoms with van der Waals surface area (Å²) in [6.07, 6.45) is -4.37. The Balaban J connectivity index is 2.98. The summed E-state index contributed by atoms with van der Waals surface area (Å²) in [4.78, 5) is 37.0. The van der Waals surface area contributed by atoms with Crippen molar-refractivity contribution in [2.45, 2.75) is 57.6 Å². The van der Waals surface area contributed by atoms with E-state index in [2.05, 4.69) is 15.6 Å². The fourth-order valence-corrected chi connectivity index (χ4v) is 2.62. The van der Waals surface area contributed by atoms with Crippen LogP contribution in [0, 0.1) is 0 Å². The minimum absolute atomic E-state index is 0.0717. The second-order valence-electron chi connectivity index (χ2n) is 7.19. The molecule has 0 aromatic heterocycles. The number of hydrogen-bond donors (Lipinski definition) is 6. The summed E-state index contributed by atoms with van der Waals surface area (Å²) in [5, 5.41) is 20.4. The fraction of sp³-hybridized carbons (Fsp3) is 0.526. The number of Topliss-reactive ketones (excluding diaryl/α,β-unsaturated/α-hetero) is 1. The van der Waals surface area contributed by atoms with E-state index in [4.69, 9.17) is 21.2 Å². The molecule has 12 heteroatoms. The highest BCUT2D eigenvalue weighted by Gasteiger charge is 2.46. The molecule has 0 saturated heterocycles. The van der Waals surface area contributed by atoms with Gasteiger partial charge < -0.3 is 24.4 Å². The Morgan fingerprint density at radius 1 is 1.16 bits per heavy atom. The van der Waals surface area contributed by atoms with Crippen LogP contribution >= 0.6 is 0 Å². The van der Waals surface area contributed by atoms with Gasteiger partial charge in [0.2, 0.25) is 6.29 Å². The number of rotatable bonds is 11. The van der Waals surface area contributed by atoms with Crippen LogP contribution in [0.4, 0.5) is 4.79 Å². The maximum absolute atomic E-state index is 13.0. The van der Waals surface area contributed by atoms with Crippen molar-refractivity contribution in [2.75, 3.05) is 6.61 Å². The number of ether oxygens (including phenoxy) is 3. The van der Waals surface area contributed by atoms with E-state index in [1.54, 1.807) is 6.92 Å². The fourth-order valence-electron chi connectivity index (χ4n) is 2.62. The van der Waals surface area contributed by atoms with E-state index in [-0.39, 0.29) is 17.9 Å². The normalized spacial score (nSPS) is 16.9. The van der Waals surface area contributed by atoms with Crippen molar-refractivity contribution in [1.82, 2.24) is 10.9 Å². The van der Waals surface area contributed by atoms with Crippen LogP contribution in [0.2, 0.25) is 0 Å². The predicted octanol–water partition coefficient (Wildman–Crippen LogP) is -0.109. The molecule has 174 valence electrons. The zero-order chi connectivity index (χ0) is 23.8. The van der Waals surface area contributed by atoms with Crippen molar-refractivity contribution >= 4 is 17.9 Å². The van der Waals surface area contributed by atoms with Gasteiger partial charge in [0, 0.05) is 13.3 Å². The van der Waals surface area contributed by atoms with E-state index >= 15 is 0 Å². The molecular formula is C19H30N4O8. The maximum atomic E-state index is 13.0. The molecule has 12 nitrogen and oxygen atoms in total. The van der Waals surface area contributed by atoms with Crippen molar-refractivity contribution in [3.63, 3.8) is 0 Å². The zero-order valence-corrected chi connectivity index (χ0v) is 17.9. The van der Waals surface area contributed by atoms with E-state index in [1.165, 1.54) is 45.0 Å². The average Bonchev–Trinajstić information content (AvgIpc) is 2.72. The Bertz CT molecular complexity index is 792. The molecule has 0 amide bonds. The van der Waals surface area contributed by atoms with Crippen LogP contribution in [-0.2, 0) is 23.8 Å². The lowest BCUT2D eigenvalue weighted by Gasteiger charge is -2.36. The van der Waals surface area contributed by atoms with Gasteiger partial charge in [0.15, 0.2) is 5.78 Å². The molecule has 31 heavy (non-hydrogen) atoms. The first kappa shape index (κ1) is 26.3. The molecule has 1 aromatic carbocycles. The van der Waals surface area contributed by atoms with Gasteiger partial charge >= 0.3 is 12.1 Å². The molecule has 0 bridgehead atoms. The van der Waals surface area contributed by atoms with Gasteiger partial charge in [-0.05, 0) is 38.5 Å². The molecule has 0 fully saturated rings. The molecule has 0 radical (unpaired) electrons. The van der Waals surface area contributed by atoms with Gasteiger partial charge in [0.05, 0.1) is 6.61 Å². The first-order chi connectivity index (χ1) is 14.4. The monoisotopic (exact) mass is 442 g/mol. The first-order valence-electron chi connectivity index (χ1n) is 9.43. The number of hydrogen-bond acceptors (Lipinski definition) is 12. The third-order valence-electron chi connectivity index (χ3n) is 4.69. The van der Waals surface area contributed by atoms with E-state index < -0.39 is 47.8 Å². The number of esters is 1. The quantitative estimate of drug-likeness (QED) is 0.115. The van der Waals surface area contributed by atoms with Crippen molar-refractivity contribution in [3.05, 3.63) is 29.8 Å². The number of nitrogens with two attached hydrogens (primary N) is 2. The molecule has 0 unspecified atom stereocenters. The van der Waals surface area contributed by atoms with E-state index in [0.717, 1.165) is 0 Å². The number of phenols is 1. The molecular weight excluding hydrogens is 412 g/mol. The van der Waals surface area contributed by atoms with Crippen LogP contribution in [0.3, 0.4) is 0 Å². The molecule has 0 heterocycles. The SMILES string of the molecule is CCOC(=O)O[C@H](C)OC(=O)[C@](C)(CC(=O)[C@@](C)(NN)[C@@H](O)c1cccc(O)c1)NN. The van der Waals surface area contributed by atoms with Gasteiger partial charge in [0.1, 0.15) is 22.9 Å². The van der Waals surface area contributed by atoms with Gasteiger partial charge in [0.25, 0.3) is 0 Å². The van der Waals surface area contributed by atoms with Crippen molar-refractivity contribution in [1.29, 1.82) is 0 Å². The molecule has 8 N–H and O–H groups in total. The van der Waals surface area contributed by atoms with Gasteiger partial charge in [-0.3, -0.25) is 16.5 Å². The standard InChI is InChI=1S/C19H30N4O8/c1-5-29-17(28)31-11(2)30-16(27)18(3,22-20)10-14(25)19(4,23-21)15(26)12-7-6-8-13(24)9-12/h6-9,11,15,22-24,26H,5,10,20-21H2,1-4H3/t11-,15+,18+,19-/m1/s1. The topological polar surface area (TPSA) is 195 Å². The molecule has 0 aliphatic rings. The smallest absolute Gasteiger partial charge is 0.508 e. The highest BCUT2D eigenvalue weighted by Crippen LogP contribution is 2.30. The Hall–Kier alpha value is -2.77. The third kappa shape index (κ3) is 6.60. The van der Waals surface area contributed by atoms with Crippen molar-refractivity contribution < 1.29 is 38.8 Å². The minimum Gasteiger partial charge on any atom is -0.508 e. The summed E-state index contributed by atoms with van der Waals surface area (Å²) in [5.74, 6) is 9.24. The van der Waals surface area contributed by atoms with Crippen molar-refractivity contribution in [2.24, 2.45) is 11.7 Å². The number of nitrogens with one attached hydrogen (secondary N) is 2. The molecule has 1 aromatic rings. The van der Waals surface area contributed by atoms with Gasteiger partial charge in [-0.15, -0.1) is 0 Å². The second kappa shape index (κ2) is 11.0. The van der Waals surface area contributed by atoms with Gasteiger partial charge in [-0.1, -0.05) is 12.1 Å². The number of hydrazine groups is 2. The average molecular weight is 442 g/mol. The third-order valence-corrected chi connectivity index (χ3v) is 4.69. The lowest BCUT2D eigenvalue weighted by atomic mass is 9.80. The van der Waals surface area contributed by atoms with E-state index in [0.29, 0.717) is 0 Å². The molecule has 0 saturated carbocycles.